The monoisotopic (exact) mass is 487 g/mol. The Morgan fingerprint density at radius 2 is 2.06 bits per heavy atom. The number of furan rings is 1. The summed E-state index contributed by atoms with van der Waals surface area (Å²) >= 11 is 7.56. The van der Waals surface area contributed by atoms with Gasteiger partial charge in [0, 0.05) is 18.2 Å². The average molecular weight is 488 g/mol. The number of nitrogens with zero attached hydrogens (tertiary/aromatic N) is 3. The maximum Gasteiger partial charge on any atom is 0.283 e. The lowest BCUT2D eigenvalue weighted by Crippen LogP contribution is -2.48. The maximum absolute atomic E-state index is 13.3. The van der Waals surface area contributed by atoms with Crippen LogP contribution in [0, 0.1) is 0 Å². The number of piperidine rings is 1. The van der Waals surface area contributed by atoms with Crippen LogP contribution in [0.15, 0.2) is 51.7 Å². The molecule has 1 aromatic carbocycles. The third kappa shape index (κ3) is 4.96. The topological polar surface area (TPSA) is 75.3 Å². The van der Waals surface area contributed by atoms with Crippen molar-refractivity contribution in [1.29, 1.82) is 0 Å². The Morgan fingerprint density at radius 1 is 1.30 bits per heavy atom. The van der Waals surface area contributed by atoms with E-state index in [-0.39, 0.29) is 35.3 Å². The summed E-state index contributed by atoms with van der Waals surface area (Å²) in [6, 6.07) is 9.00. The van der Waals surface area contributed by atoms with E-state index >= 15 is 0 Å². The molecule has 4 rings (SSSR count). The predicted octanol–water partition coefficient (Wildman–Crippen LogP) is 5.21. The fourth-order valence-corrected chi connectivity index (χ4v) is 5.37. The van der Waals surface area contributed by atoms with Gasteiger partial charge in [-0.2, -0.15) is 0 Å². The van der Waals surface area contributed by atoms with Crippen molar-refractivity contribution in [3.8, 4) is 5.75 Å². The van der Waals surface area contributed by atoms with Crippen molar-refractivity contribution in [2.75, 3.05) is 17.8 Å². The number of anilines is 1. The van der Waals surface area contributed by atoms with Crippen LogP contribution in [-0.4, -0.2) is 46.8 Å². The molecule has 2 unspecified atom stereocenters. The number of carbonyl (C=O) groups is 2. The number of amides is 2. The number of hydrogen-bond donors (Lipinski definition) is 0. The number of benzene rings is 1. The highest BCUT2D eigenvalue weighted by Crippen LogP contribution is 2.35. The first-order chi connectivity index (χ1) is 15.9. The number of ether oxygens (including phenoxy) is 1. The fraction of sp³-hybridized carbons (Fsp3) is 0.375. The van der Waals surface area contributed by atoms with Crippen LogP contribution in [0.2, 0.25) is 5.02 Å². The van der Waals surface area contributed by atoms with Crippen LogP contribution < -0.4 is 9.64 Å². The van der Waals surface area contributed by atoms with Gasteiger partial charge in [0.2, 0.25) is 5.91 Å². The molecule has 0 bridgehead atoms. The van der Waals surface area contributed by atoms with E-state index in [1.807, 2.05) is 4.90 Å². The highest BCUT2D eigenvalue weighted by Gasteiger charge is 2.34. The minimum atomic E-state index is -0.317. The molecule has 0 aliphatic carbocycles. The van der Waals surface area contributed by atoms with Crippen molar-refractivity contribution in [2.24, 2.45) is 4.99 Å². The molecular formula is C24H26ClN3O4S. The number of methoxy groups -OCH3 is 1. The average Bonchev–Trinajstić information content (AvgIpc) is 3.40. The van der Waals surface area contributed by atoms with Crippen molar-refractivity contribution < 1.29 is 18.7 Å². The fourth-order valence-electron chi connectivity index (χ4n) is 4.24. The number of carbonyl (C=O) groups excluding carboxylic acids is 2. The number of aliphatic imine (C=N–C) groups is 1. The summed E-state index contributed by atoms with van der Waals surface area (Å²) < 4.78 is 10.6. The molecule has 7 nitrogen and oxygen atoms in total. The molecule has 1 saturated heterocycles. The van der Waals surface area contributed by atoms with Crippen molar-refractivity contribution in [3.05, 3.63) is 53.1 Å². The quantitative estimate of drug-likeness (QED) is 0.541. The lowest BCUT2D eigenvalue weighted by molar-refractivity contribution is -0.134. The molecule has 0 saturated carbocycles. The van der Waals surface area contributed by atoms with E-state index in [9.17, 15) is 9.59 Å². The number of hydrogen-bond acceptors (Lipinski definition) is 6. The van der Waals surface area contributed by atoms with E-state index in [1.165, 1.54) is 30.0 Å². The van der Waals surface area contributed by atoms with Gasteiger partial charge in [-0.3, -0.25) is 14.5 Å². The van der Waals surface area contributed by atoms with Gasteiger partial charge in [-0.05, 0) is 63.4 Å². The van der Waals surface area contributed by atoms with Crippen molar-refractivity contribution in [1.82, 2.24) is 4.90 Å². The van der Waals surface area contributed by atoms with E-state index in [0.29, 0.717) is 27.4 Å². The van der Waals surface area contributed by atoms with Crippen LogP contribution in [0.4, 0.5) is 5.69 Å². The molecule has 2 aromatic rings. The summed E-state index contributed by atoms with van der Waals surface area (Å²) in [5.41, 5.74) is 0.776. The SMILES string of the molecule is COc1ccc(N2C(=O)C(=Cc3ccco3)N=C2SCC(=O)N2C(C)CCCC2C)cc1Cl. The van der Waals surface area contributed by atoms with Gasteiger partial charge in [0.15, 0.2) is 5.17 Å². The molecule has 2 aliphatic rings. The Labute approximate surface area is 202 Å². The highest BCUT2D eigenvalue weighted by molar-refractivity contribution is 8.14. The molecule has 3 heterocycles. The number of thioether (sulfide) groups is 1. The number of likely N-dealkylation sites (tertiary alicyclic amines) is 1. The second kappa shape index (κ2) is 10.1. The number of amidine groups is 1. The third-order valence-electron chi connectivity index (χ3n) is 5.85. The molecule has 2 aliphatic heterocycles. The Kier molecular flexibility index (Phi) is 7.14. The Bertz CT molecular complexity index is 1090. The lowest BCUT2D eigenvalue weighted by atomic mass is 9.98. The zero-order chi connectivity index (χ0) is 23.5. The zero-order valence-electron chi connectivity index (χ0n) is 18.8. The summed E-state index contributed by atoms with van der Waals surface area (Å²) in [7, 11) is 1.53. The first kappa shape index (κ1) is 23.4. The number of halogens is 1. The third-order valence-corrected chi connectivity index (χ3v) is 7.07. The lowest BCUT2D eigenvalue weighted by Gasteiger charge is -2.39. The zero-order valence-corrected chi connectivity index (χ0v) is 20.4. The molecule has 0 N–H and O–H groups in total. The van der Waals surface area contributed by atoms with Gasteiger partial charge in [0.1, 0.15) is 17.2 Å². The van der Waals surface area contributed by atoms with Gasteiger partial charge in [0.05, 0.1) is 29.8 Å². The van der Waals surface area contributed by atoms with E-state index in [2.05, 4.69) is 18.8 Å². The standard InChI is InChI=1S/C24H26ClN3O4S/c1-15-6-4-7-16(2)27(15)22(29)14-33-24-26-20(13-18-8-5-11-32-18)23(30)28(24)17-9-10-21(31-3)19(25)12-17/h5,8-13,15-16H,4,6-7,14H2,1-3H3. The summed E-state index contributed by atoms with van der Waals surface area (Å²) in [6.07, 6.45) is 6.27. The molecule has 0 spiro atoms. The van der Waals surface area contributed by atoms with Gasteiger partial charge in [-0.15, -0.1) is 0 Å². The molecule has 9 heteroatoms. The normalized spacial score (nSPS) is 22.1. The van der Waals surface area contributed by atoms with Crippen LogP contribution in [-0.2, 0) is 9.59 Å². The number of rotatable bonds is 5. The second-order valence-electron chi connectivity index (χ2n) is 8.12. The molecular weight excluding hydrogens is 462 g/mol. The molecule has 1 fully saturated rings. The van der Waals surface area contributed by atoms with E-state index in [4.69, 9.17) is 20.8 Å². The van der Waals surface area contributed by atoms with Crippen molar-refractivity contribution in [2.45, 2.75) is 45.2 Å². The Balaban J connectivity index is 1.60. The molecule has 174 valence electrons. The van der Waals surface area contributed by atoms with E-state index < -0.39 is 0 Å². The van der Waals surface area contributed by atoms with Gasteiger partial charge < -0.3 is 14.1 Å². The highest BCUT2D eigenvalue weighted by atomic mass is 35.5. The van der Waals surface area contributed by atoms with Crippen LogP contribution >= 0.6 is 23.4 Å². The minimum Gasteiger partial charge on any atom is -0.495 e. The van der Waals surface area contributed by atoms with Crippen molar-refractivity contribution in [3.63, 3.8) is 0 Å². The smallest absolute Gasteiger partial charge is 0.283 e. The van der Waals surface area contributed by atoms with Crippen molar-refractivity contribution >= 4 is 52.1 Å². The first-order valence-corrected chi connectivity index (χ1v) is 12.2. The summed E-state index contributed by atoms with van der Waals surface area (Å²) in [5.74, 6) is 0.948. The van der Waals surface area contributed by atoms with Crippen LogP contribution in [0.25, 0.3) is 6.08 Å². The molecule has 1 aromatic heterocycles. The van der Waals surface area contributed by atoms with Gasteiger partial charge in [0.25, 0.3) is 5.91 Å². The van der Waals surface area contributed by atoms with Gasteiger partial charge >= 0.3 is 0 Å². The van der Waals surface area contributed by atoms with E-state index in [1.54, 1.807) is 36.4 Å². The molecule has 2 atom stereocenters. The molecule has 2 amide bonds. The molecule has 0 radical (unpaired) electrons. The minimum absolute atomic E-state index is 0.0472. The van der Waals surface area contributed by atoms with Crippen LogP contribution in [0.5, 0.6) is 5.75 Å². The largest absolute Gasteiger partial charge is 0.495 e. The summed E-state index contributed by atoms with van der Waals surface area (Å²) in [6.45, 7) is 4.18. The van der Waals surface area contributed by atoms with Crippen LogP contribution in [0.1, 0.15) is 38.9 Å². The summed E-state index contributed by atoms with van der Waals surface area (Å²) in [4.78, 5) is 34.3. The Hall–Kier alpha value is -2.71. The Morgan fingerprint density at radius 3 is 2.70 bits per heavy atom. The van der Waals surface area contributed by atoms with Gasteiger partial charge in [-0.1, -0.05) is 23.4 Å². The predicted molar refractivity (Wildman–Crippen MR) is 132 cm³/mol. The maximum atomic E-state index is 13.3. The van der Waals surface area contributed by atoms with Crippen LogP contribution in [0.3, 0.4) is 0 Å². The molecule has 33 heavy (non-hydrogen) atoms. The summed E-state index contributed by atoms with van der Waals surface area (Å²) in [5, 5.41) is 0.798. The van der Waals surface area contributed by atoms with Gasteiger partial charge in [-0.25, -0.2) is 4.99 Å². The first-order valence-electron chi connectivity index (χ1n) is 10.8. The second-order valence-corrected chi connectivity index (χ2v) is 9.47. The van der Waals surface area contributed by atoms with E-state index in [0.717, 1.165) is 19.3 Å².